The van der Waals surface area contributed by atoms with Gasteiger partial charge >= 0.3 is 0 Å². The van der Waals surface area contributed by atoms with Gasteiger partial charge in [-0.05, 0) is 43.4 Å². The van der Waals surface area contributed by atoms with Crippen LogP contribution in [0.3, 0.4) is 0 Å². The van der Waals surface area contributed by atoms with Crippen molar-refractivity contribution in [1.82, 2.24) is 14.8 Å². The lowest BCUT2D eigenvalue weighted by Gasteiger charge is -2.34. The zero-order valence-corrected chi connectivity index (χ0v) is 17.1. The molecule has 7 nitrogen and oxygen atoms in total. The molecule has 1 unspecified atom stereocenters. The standard InChI is InChI=1S/C22H23F2N3O4/c1-2-12-7-16(23)14(17(24)8-12)9-25-21(30)15-11-27-13-5-3-4-6-26(10-13)22(31)18(27)20(29)19(15)28/h7-8,11,13,29H,2-6,9-10H2,1H3,(H,25,30). The van der Waals surface area contributed by atoms with Crippen LogP contribution in [-0.2, 0) is 13.0 Å². The van der Waals surface area contributed by atoms with Crippen molar-refractivity contribution in [3.63, 3.8) is 0 Å². The number of carbonyl (C=O) groups excluding carboxylic acids is 2. The summed E-state index contributed by atoms with van der Waals surface area (Å²) in [5.41, 5.74) is -1.31. The van der Waals surface area contributed by atoms with E-state index in [1.807, 2.05) is 0 Å². The first-order valence-electron chi connectivity index (χ1n) is 10.3. The second-order valence-electron chi connectivity index (χ2n) is 7.95. The quantitative estimate of drug-likeness (QED) is 0.778. The number of benzene rings is 1. The highest BCUT2D eigenvalue weighted by Crippen LogP contribution is 2.31. The second kappa shape index (κ2) is 8.13. The third kappa shape index (κ3) is 3.68. The van der Waals surface area contributed by atoms with Crippen LogP contribution in [0.5, 0.6) is 5.75 Å². The van der Waals surface area contributed by atoms with Gasteiger partial charge in [-0.3, -0.25) is 14.4 Å². The molecule has 2 amide bonds. The van der Waals surface area contributed by atoms with Crippen LogP contribution in [0.25, 0.3) is 0 Å². The predicted octanol–water partition coefficient (Wildman–Crippen LogP) is 2.51. The number of rotatable bonds is 4. The molecule has 1 saturated heterocycles. The number of hydrogen-bond acceptors (Lipinski definition) is 4. The molecule has 0 aliphatic carbocycles. The molecule has 2 aromatic rings. The van der Waals surface area contributed by atoms with Gasteiger partial charge in [0.25, 0.3) is 11.8 Å². The Bertz CT molecular complexity index is 1110. The van der Waals surface area contributed by atoms with Crippen LogP contribution in [0.1, 0.15) is 64.2 Å². The van der Waals surface area contributed by atoms with E-state index in [1.165, 1.54) is 22.9 Å². The molecule has 2 aliphatic rings. The summed E-state index contributed by atoms with van der Waals surface area (Å²) < 4.78 is 29.9. The number of hydrogen-bond donors (Lipinski definition) is 2. The Balaban J connectivity index is 1.65. The van der Waals surface area contributed by atoms with Gasteiger partial charge in [0.05, 0.1) is 6.04 Å². The van der Waals surface area contributed by atoms with Crippen molar-refractivity contribution >= 4 is 11.8 Å². The summed E-state index contributed by atoms with van der Waals surface area (Å²) in [5, 5.41) is 12.8. The molecule has 1 atom stereocenters. The van der Waals surface area contributed by atoms with Crippen LogP contribution in [0.2, 0.25) is 0 Å². The highest BCUT2D eigenvalue weighted by atomic mass is 19.1. The van der Waals surface area contributed by atoms with Crippen molar-refractivity contribution in [3.8, 4) is 5.75 Å². The Hall–Kier alpha value is -3.23. The maximum atomic E-state index is 14.2. The first-order chi connectivity index (χ1) is 14.8. The SMILES string of the molecule is CCc1cc(F)c(CNC(=O)c2cn3c(c(O)c2=O)C(=O)N2CCCCC3C2)c(F)c1. The molecule has 2 aliphatic heterocycles. The normalized spacial score (nSPS) is 17.8. The van der Waals surface area contributed by atoms with Gasteiger partial charge in [0.1, 0.15) is 17.2 Å². The summed E-state index contributed by atoms with van der Waals surface area (Å²) >= 11 is 0. The molecule has 164 valence electrons. The molecule has 3 heterocycles. The molecule has 0 radical (unpaired) electrons. The largest absolute Gasteiger partial charge is 0.503 e. The Labute approximate surface area is 177 Å². The lowest BCUT2D eigenvalue weighted by atomic mass is 10.1. The minimum absolute atomic E-state index is 0.119. The number of carbonyl (C=O) groups is 2. The topological polar surface area (TPSA) is 91.6 Å². The predicted molar refractivity (Wildman–Crippen MR) is 108 cm³/mol. The van der Waals surface area contributed by atoms with Crippen LogP contribution >= 0.6 is 0 Å². The lowest BCUT2D eigenvalue weighted by molar-refractivity contribution is 0.0677. The molecule has 0 saturated carbocycles. The van der Waals surface area contributed by atoms with Crippen molar-refractivity contribution in [1.29, 1.82) is 0 Å². The maximum absolute atomic E-state index is 14.2. The summed E-state index contributed by atoms with van der Waals surface area (Å²) in [6.45, 7) is 2.30. The first-order valence-corrected chi connectivity index (χ1v) is 10.3. The number of pyridine rings is 1. The number of halogens is 2. The van der Waals surface area contributed by atoms with E-state index in [2.05, 4.69) is 5.32 Å². The molecule has 0 spiro atoms. The molecule has 1 fully saturated rings. The number of nitrogens with zero attached hydrogens (tertiary/aromatic N) is 2. The molecule has 2 N–H and O–H groups in total. The number of nitrogens with one attached hydrogen (secondary N) is 1. The Morgan fingerprint density at radius 3 is 2.61 bits per heavy atom. The lowest BCUT2D eigenvalue weighted by Crippen LogP contribution is -2.44. The number of fused-ring (bicyclic) bond motifs is 4. The summed E-state index contributed by atoms with van der Waals surface area (Å²) in [6, 6.07) is 2.24. The van der Waals surface area contributed by atoms with Crippen LogP contribution in [0.4, 0.5) is 8.78 Å². The van der Waals surface area contributed by atoms with Gasteiger partial charge in [0.2, 0.25) is 5.43 Å². The molecule has 1 aromatic carbocycles. The molecule has 31 heavy (non-hydrogen) atoms. The number of aromatic nitrogens is 1. The van der Waals surface area contributed by atoms with Crippen molar-refractivity contribution in [3.05, 3.63) is 62.6 Å². The zero-order chi connectivity index (χ0) is 22.3. The van der Waals surface area contributed by atoms with Crippen LogP contribution in [0.15, 0.2) is 23.1 Å². The Morgan fingerprint density at radius 1 is 1.23 bits per heavy atom. The van der Waals surface area contributed by atoms with Gasteiger partial charge in [-0.25, -0.2) is 8.78 Å². The fourth-order valence-electron chi connectivity index (χ4n) is 4.25. The minimum atomic E-state index is -0.987. The fourth-order valence-corrected chi connectivity index (χ4v) is 4.25. The highest BCUT2D eigenvalue weighted by molar-refractivity contribution is 5.99. The number of aromatic hydroxyl groups is 1. The van der Waals surface area contributed by atoms with Crippen molar-refractivity contribution < 1.29 is 23.5 Å². The summed E-state index contributed by atoms with van der Waals surface area (Å²) in [7, 11) is 0. The van der Waals surface area contributed by atoms with E-state index in [0.717, 1.165) is 19.3 Å². The fraction of sp³-hybridized carbons (Fsp3) is 0.409. The average Bonchev–Trinajstić information content (AvgIpc) is 2.97. The van der Waals surface area contributed by atoms with E-state index in [-0.39, 0.29) is 22.9 Å². The van der Waals surface area contributed by atoms with E-state index >= 15 is 0 Å². The van der Waals surface area contributed by atoms with Crippen LogP contribution in [-0.4, -0.2) is 39.5 Å². The third-order valence-electron chi connectivity index (χ3n) is 6.02. The monoisotopic (exact) mass is 431 g/mol. The van der Waals surface area contributed by atoms with E-state index in [0.29, 0.717) is 25.1 Å². The van der Waals surface area contributed by atoms with Gasteiger partial charge in [0.15, 0.2) is 11.4 Å². The van der Waals surface area contributed by atoms with E-state index < -0.39 is 41.2 Å². The minimum Gasteiger partial charge on any atom is -0.503 e. The van der Waals surface area contributed by atoms with Gasteiger partial charge < -0.3 is 19.9 Å². The highest BCUT2D eigenvalue weighted by Gasteiger charge is 2.36. The zero-order valence-electron chi connectivity index (χ0n) is 17.1. The summed E-state index contributed by atoms with van der Waals surface area (Å²) in [4.78, 5) is 39.6. The van der Waals surface area contributed by atoms with Crippen LogP contribution < -0.4 is 10.7 Å². The Morgan fingerprint density at radius 2 is 1.94 bits per heavy atom. The number of aryl methyl sites for hydroxylation is 1. The molecular formula is C22H23F2N3O4. The molecule has 1 aromatic heterocycles. The molecule has 4 rings (SSSR count). The third-order valence-corrected chi connectivity index (χ3v) is 6.02. The van der Waals surface area contributed by atoms with Gasteiger partial charge in [-0.15, -0.1) is 0 Å². The first kappa shape index (κ1) is 21.0. The average molecular weight is 431 g/mol. The summed E-state index contributed by atoms with van der Waals surface area (Å²) in [5.74, 6) is -3.67. The van der Waals surface area contributed by atoms with E-state index in [4.69, 9.17) is 0 Å². The van der Waals surface area contributed by atoms with Crippen molar-refractivity contribution in [2.75, 3.05) is 13.1 Å². The second-order valence-corrected chi connectivity index (χ2v) is 7.95. The van der Waals surface area contributed by atoms with Crippen molar-refractivity contribution in [2.24, 2.45) is 0 Å². The van der Waals surface area contributed by atoms with E-state index in [1.54, 1.807) is 11.8 Å². The van der Waals surface area contributed by atoms with E-state index in [9.17, 15) is 28.3 Å². The maximum Gasteiger partial charge on any atom is 0.274 e. The van der Waals surface area contributed by atoms with Gasteiger partial charge in [0, 0.05) is 31.4 Å². The molecule has 2 bridgehead atoms. The van der Waals surface area contributed by atoms with Crippen LogP contribution in [0, 0.1) is 11.6 Å². The number of amides is 2. The summed E-state index contributed by atoms with van der Waals surface area (Å²) in [6.07, 6.45) is 4.16. The van der Waals surface area contributed by atoms with Crippen molar-refractivity contribution in [2.45, 2.75) is 45.2 Å². The Kier molecular flexibility index (Phi) is 5.51. The molecular weight excluding hydrogens is 408 g/mol. The van der Waals surface area contributed by atoms with Gasteiger partial charge in [-0.1, -0.05) is 6.92 Å². The molecule has 9 heteroatoms. The van der Waals surface area contributed by atoms with Gasteiger partial charge in [-0.2, -0.15) is 0 Å². The smallest absolute Gasteiger partial charge is 0.274 e.